The molecule has 2 rings (SSSR count). The smallest absolute Gasteiger partial charge is 0.189 e. The van der Waals surface area contributed by atoms with E-state index in [2.05, 4.69) is 22.1 Å². The summed E-state index contributed by atoms with van der Waals surface area (Å²) in [6, 6.07) is 2.37. The van der Waals surface area contributed by atoms with E-state index < -0.39 is 0 Å². The van der Waals surface area contributed by atoms with Crippen molar-refractivity contribution in [1.29, 1.82) is 0 Å². The predicted octanol–water partition coefficient (Wildman–Crippen LogP) is 2.22. The molecule has 0 aromatic carbocycles. The third kappa shape index (κ3) is 4.05. The Morgan fingerprint density at radius 3 is 2.90 bits per heavy atom. The minimum Gasteiger partial charge on any atom is -0.370 e. The van der Waals surface area contributed by atoms with Gasteiger partial charge in [0.05, 0.1) is 11.6 Å². The number of aromatic nitrogens is 1. The first kappa shape index (κ1) is 16.5. The average molecular weight is 332 g/mol. The van der Waals surface area contributed by atoms with Crippen molar-refractivity contribution in [1.82, 2.24) is 14.8 Å². The molecule has 1 aliphatic rings. The van der Waals surface area contributed by atoms with Crippen LogP contribution in [0.3, 0.4) is 0 Å². The molecule has 7 heteroatoms. The molecule has 0 bridgehead atoms. The van der Waals surface area contributed by atoms with E-state index in [1.807, 2.05) is 17.7 Å². The van der Waals surface area contributed by atoms with Crippen molar-refractivity contribution in [2.75, 3.05) is 19.6 Å². The number of guanidine groups is 1. The first-order chi connectivity index (χ1) is 10.0. The fourth-order valence-electron chi connectivity index (χ4n) is 2.73. The van der Waals surface area contributed by atoms with Crippen LogP contribution in [0.1, 0.15) is 25.5 Å². The zero-order chi connectivity index (χ0) is 15.4. The Kier molecular flexibility index (Phi) is 5.79. The summed E-state index contributed by atoms with van der Waals surface area (Å²) in [5.41, 5.74) is 6.86. The Hall–Kier alpha value is -0.910. The van der Waals surface area contributed by atoms with Gasteiger partial charge in [-0.3, -0.25) is 4.90 Å². The number of aliphatic imine (C=N–C) groups is 1. The second-order valence-electron chi connectivity index (χ2n) is 5.34. The normalized spacial score (nSPS) is 20.2. The maximum Gasteiger partial charge on any atom is 0.189 e. The summed E-state index contributed by atoms with van der Waals surface area (Å²) in [5.74, 6) is 0.464. The Morgan fingerprint density at radius 1 is 1.52 bits per heavy atom. The molecule has 0 saturated carbocycles. The molecule has 21 heavy (non-hydrogen) atoms. The minimum absolute atomic E-state index is 0.462. The van der Waals surface area contributed by atoms with Crippen molar-refractivity contribution >= 4 is 29.2 Å². The van der Waals surface area contributed by atoms with Crippen LogP contribution in [0.25, 0.3) is 0 Å². The van der Waals surface area contributed by atoms with Crippen LogP contribution >= 0.6 is 23.2 Å². The minimum atomic E-state index is 0.462. The second kappa shape index (κ2) is 7.38. The Labute approximate surface area is 136 Å². The van der Waals surface area contributed by atoms with Gasteiger partial charge in [0, 0.05) is 25.3 Å². The van der Waals surface area contributed by atoms with E-state index in [0.717, 1.165) is 18.8 Å². The van der Waals surface area contributed by atoms with E-state index in [1.54, 1.807) is 0 Å². The number of likely N-dealkylation sites (tertiary alicyclic amines) is 1. The summed E-state index contributed by atoms with van der Waals surface area (Å²) in [4.78, 5) is 6.82. The number of halogens is 2. The number of hydrogen-bond donors (Lipinski definition) is 2. The topological polar surface area (TPSA) is 58.6 Å². The molecule has 0 aliphatic carbocycles. The van der Waals surface area contributed by atoms with Crippen molar-refractivity contribution in [3.63, 3.8) is 0 Å². The fourth-order valence-corrected chi connectivity index (χ4v) is 3.14. The molecule has 0 radical (unpaired) electrons. The molecule has 0 spiro atoms. The van der Waals surface area contributed by atoms with Gasteiger partial charge in [0.2, 0.25) is 0 Å². The SMILES string of the molecule is CCN1CCCC1CNC(N)=NCc1cc(Cl)c(Cl)n1C. The van der Waals surface area contributed by atoms with Crippen LogP contribution in [0.2, 0.25) is 10.2 Å². The van der Waals surface area contributed by atoms with Crippen LogP contribution in [0.5, 0.6) is 0 Å². The Morgan fingerprint density at radius 2 is 2.29 bits per heavy atom. The molecule has 1 fully saturated rings. The van der Waals surface area contributed by atoms with E-state index >= 15 is 0 Å². The van der Waals surface area contributed by atoms with Crippen LogP contribution in [-0.2, 0) is 13.6 Å². The zero-order valence-electron chi connectivity index (χ0n) is 12.6. The molecule has 3 N–H and O–H groups in total. The lowest BCUT2D eigenvalue weighted by Gasteiger charge is -2.23. The van der Waals surface area contributed by atoms with Gasteiger partial charge in [-0.05, 0) is 32.0 Å². The molecule has 1 unspecified atom stereocenters. The highest BCUT2D eigenvalue weighted by molar-refractivity contribution is 6.41. The van der Waals surface area contributed by atoms with Crippen molar-refractivity contribution in [3.05, 3.63) is 21.9 Å². The van der Waals surface area contributed by atoms with E-state index in [0.29, 0.717) is 28.7 Å². The van der Waals surface area contributed by atoms with E-state index in [-0.39, 0.29) is 0 Å². The third-order valence-electron chi connectivity index (χ3n) is 4.05. The van der Waals surface area contributed by atoms with Crippen LogP contribution in [0, 0.1) is 0 Å². The predicted molar refractivity (Wildman–Crippen MR) is 89.0 cm³/mol. The molecular formula is C14H23Cl2N5. The summed E-state index contributed by atoms with van der Waals surface area (Å²) in [5, 5.41) is 4.28. The summed E-state index contributed by atoms with van der Waals surface area (Å²) in [7, 11) is 1.86. The standard InChI is InChI=1S/C14H23Cl2N5/c1-3-21-6-4-5-10(21)8-18-14(17)19-9-11-7-12(15)13(16)20(11)2/h7,10H,3-6,8-9H2,1-2H3,(H3,17,18,19). The third-order valence-corrected chi connectivity index (χ3v) is 4.89. The molecule has 0 amide bonds. The van der Waals surface area contributed by atoms with Gasteiger partial charge in [-0.2, -0.15) is 0 Å². The van der Waals surface area contributed by atoms with Crippen LogP contribution in [-0.4, -0.2) is 41.1 Å². The van der Waals surface area contributed by atoms with Crippen molar-refractivity contribution in [2.24, 2.45) is 17.8 Å². The number of rotatable bonds is 5. The molecule has 1 atom stereocenters. The van der Waals surface area contributed by atoms with E-state index in [1.165, 1.54) is 19.4 Å². The van der Waals surface area contributed by atoms with Crippen LogP contribution < -0.4 is 11.1 Å². The molecule has 5 nitrogen and oxygen atoms in total. The first-order valence-corrected chi connectivity index (χ1v) is 8.06. The lowest BCUT2D eigenvalue weighted by molar-refractivity contribution is 0.267. The number of nitrogens with two attached hydrogens (primary N) is 1. The summed E-state index contributed by atoms with van der Waals surface area (Å²) >= 11 is 12.0. The average Bonchev–Trinajstić information content (AvgIpc) is 3.03. The van der Waals surface area contributed by atoms with Gasteiger partial charge in [-0.15, -0.1) is 0 Å². The lowest BCUT2D eigenvalue weighted by Crippen LogP contribution is -2.42. The Balaban J connectivity index is 1.85. The molecule has 1 aromatic heterocycles. The first-order valence-electron chi connectivity index (χ1n) is 7.30. The number of nitrogens with one attached hydrogen (secondary N) is 1. The molecule has 1 saturated heterocycles. The second-order valence-corrected chi connectivity index (χ2v) is 6.11. The maximum atomic E-state index is 6.02. The molecule has 1 aliphatic heterocycles. The highest BCUT2D eigenvalue weighted by atomic mass is 35.5. The van der Waals surface area contributed by atoms with Gasteiger partial charge in [0.15, 0.2) is 5.96 Å². The highest BCUT2D eigenvalue weighted by Crippen LogP contribution is 2.25. The van der Waals surface area contributed by atoms with Crippen molar-refractivity contribution in [2.45, 2.75) is 32.4 Å². The summed E-state index contributed by atoms with van der Waals surface area (Å²) in [6.45, 7) is 5.77. The van der Waals surface area contributed by atoms with Gasteiger partial charge in [-0.25, -0.2) is 4.99 Å². The van der Waals surface area contributed by atoms with E-state index in [9.17, 15) is 0 Å². The van der Waals surface area contributed by atoms with Gasteiger partial charge in [0.1, 0.15) is 5.15 Å². The number of likely N-dealkylation sites (N-methyl/N-ethyl adjacent to an activating group) is 1. The molecule has 1 aromatic rings. The largest absolute Gasteiger partial charge is 0.370 e. The van der Waals surface area contributed by atoms with E-state index in [4.69, 9.17) is 28.9 Å². The van der Waals surface area contributed by atoms with Crippen molar-refractivity contribution in [3.8, 4) is 0 Å². The van der Waals surface area contributed by atoms with Crippen LogP contribution in [0.4, 0.5) is 0 Å². The fraction of sp³-hybridized carbons (Fsp3) is 0.643. The zero-order valence-corrected chi connectivity index (χ0v) is 14.1. The molecule has 118 valence electrons. The quantitative estimate of drug-likeness (QED) is 0.642. The highest BCUT2D eigenvalue weighted by Gasteiger charge is 2.22. The van der Waals surface area contributed by atoms with Gasteiger partial charge in [-0.1, -0.05) is 30.1 Å². The monoisotopic (exact) mass is 331 g/mol. The maximum absolute atomic E-state index is 6.02. The molecular weight excluding hydrogens is 309 g/mol. The molecule has 2 heterocycles. The van der Waals surface area contributed by atoms with Crippen molar-refractivity contribution < 1.29 is 0 Å². The number of nitrogens with zero attached hydrogens (tertiary/aromatic N) is 3. The van der Waals surface area contributed by atoms with Gasteiger partial charge >= 0.3 is 0 Å². The Bertz CT molecular complexity index is 512. The summed E-state index contributed by atoms with van der Waals surface area (Å²) in [6.07, 6.45) is 2.48. The van der Waals surface area contributed by atoms with Gasteiger partial charge in [0.25, 0.3) is 0 Å². The lowest BCUT2D eigenvalue weighted by atomic mass is 10.2. The van der Waals surface area contributed by atoms with Crippen LogP contribution in [0.15, 0.2) is 11.1 Å². The van der Waals surface area contributed by atoms with Gasteiger partial charge < -0.3 is 15.6 Å². The summed E-state index contributed by atoms with van der Waals surface area (Å²) < 4.78 is 1.82. The number of hydrogen-bond acceptors (Lipinski definition) is 2.